The van der Waals surface area contributed by atoms with Crippen molar-refractivity contribution in [3.63, 3.8) is 0 Å². The average molecular weight is 316 g/mol. The first-order valence-corrected chi connectivity index (χ1v) is 7.17. The Hall–Kier alpha value is -1.76. The monoisotopic (exact) mass is 316 g/mol. The zero-order valence-electron chi connectivity index (χ0n) is 12.3. The van der Waals surface area contributed by atoms with Gasteiger partial charge in [0.05, 0.1) is 0 Å². The zero-order valence-corrected chi connectivity index (χ0v) is 12.3. The van der Waals surface area contributed by atoms with E-state index in [1.54, 1.807) is 4.90 Å². The van der Waals surface area contributed by atoms with Crippen molar-refractivity contribution in [2.24, 2.45) is 11.7 Å². The highest BCUT2D eigenvalue weighted by Crippen LogP contribution is 2.24. The fourth-order valence-electron chi connectivity index (χ4n) is 2.61. The number of carbonyl (C=O) groups excluding carboxylic acids is 1. The van der Waals surface area contributed by atoms with E-state index in [1.807, 2.05) is 6.92 Å². The summed E-state index contributed by atoms with van der Waals surface area (Å²) in [5.74, 6) is -0.104. The van der Waals surface area contributed by atoms with Crippen LogP contribution in [0, 0.1) is 5.92 Å². The van der Waals surface area contributed by atoms with Crippen LogP contribution in [0.2, 0.25) is 0 Å². The highest BCUT2D eigenvalue weighted by atomic mass is 19.4. The number of halogens is 3. The van der Waals surface area contributed by atoms with E-state index in [0.29, 0.717) is 24.6 Å². The molecule has 1 atom stereocenters. The molecule has 1 aromatic carbocycles. The summed E-state index contributed by atoms with van der Waals surface area (Å²) in [4.78, 5) is 14.0. The van der Waals surface area contributed by atoms with Gasteiger partial charge in [0, 0.05) is 24.7 Å². The summed E-state index contributed by atoms with van der Waals surface area (Å²) < 4.78 is 40.0. The first kappa shape index (κ1) is 16.6. The second-order valence-corrected chi connectivity index (χ2v) is 5.56. The average Bonchev–Trinajstić information content (AvgIpc) is 2.46. The molecule has 4 nitrogen and oxygen atoms in total. The van der Waals surface area contributed by atoms with Crippen LogP contribution in [-0.4, -0.2) is 36.3 Å². The van der Waals surface area contributed by atoms with E-state index in [1.165, 1.54) is 12.1 Å². The summed E-state index contributed by atoms with van der Waals surface area (Å²) in [6.07, 6.45) is -3.04. The minimum Gasteiger partial charge on any atom is -0.406 e. The van der Waals surface area contributed by atoms with Crippen molar-refractivity contribution in [3.8, 4) is 5.75 Å². The molecule has 1 unspecified atom stereocenters. The predicted octanol–water partition coefficient (Wildman–Crippen LogP) is 2.78. The minimum atomic E-state index is -4.73. The molecule has 1 aromatic rings. The lowest BCUT2D eigenvalue weighted by molar-refractivity contribution is -0.274. The Morgan fingerprint density at radius 1 is 1.27 bits per heavy atom. The molecule has 2 rings (SSSR count). The molecule has 0 spiro atoms. The van der Waals surface area contributed by atoms with E-state index < -0.39 is 6.36 Å². The molecule has 2 N–H and O–H groups in total. The minimum absolute atomic E-state index is 0.107. The lowest BCUT2D eigenvalue weighted by Gasteiger charge is -2.33. The summed E-state index contributed by atoms with van der Waals surface area (Å²) in [6.45, 7) is 3.19. The number of nitrogens with zero attached hydrogens (tertiary/aromatic N) is 1. The molecule has 22 heavy (non-hydrogen) atoms. The van der Waals surface area contributed by atoms with Crippen LogP contribution in [-0.2, 0) is 0 Å². The van der Waals surface area contributed by atoms with Crippen LogP contribution in [0.25, 0.3) is 0 Å². The van der Waals surface area contributed by atoms with Gasteiger partial charge in [0.15, 0.2) is 0 Å². The topological polar surface area (TPSA) is 55.6 Å². The fraction of sp³-hybridized carbons (Fsp3) is 0.533. The van der Waals surface area contributed by atoms with E-state index in [2.05, 4.69) is 4.74 Å². The van der Waals surface area contributed by atoms with Gasteiger partial charge >= 0.3 is 6.36 Å². The van der Waals surface area contributed by atoms with Gasteiger partial charge in [-0.1, -0.05) is 0 Å². The lowest BCUT2D eigenvalue weighted by atomic mass is 9.90. The van der Waals surface area contributed by atoms with Crippen molar-refractivity contribution in [2.75, 3.05) is 13.1 Å². The SMILES string of the molecule is CC(N)C1CCN(C(=O)c2ccc(OC(F)(F)F)cc2)CC1. The molecule has 1 heterocycles. The largest absolute Gasteiger partial charge is 0.573 e. The second kappa shape index (κ2) is 6.56. The van der Waals surface area contributed by atoms with Crippen molar-refractivity contribution in [1.82, 2.24) is 4.90 Å². The lowest BCUT2D eigenvalue weighted by Crippen LogP contribution is -2.42. The first-order chi connectivity index (χ1) is 10.3. The van der Waals surface area contributed by atoms with Gasteiger partial charge in [-0.25, -0.2) is 0 Å². The zero-order chi connectivity index (χ0) is 16.3. The second-order valence-electron chi connectivity index (χ2n) is 5.56. The molecule has 0 aliphatic carbocycles. The third-order valence-corrected chi connectivity index (χ3v) is 3.91. The van der Waals surface area contributed by atoms with Crippen LogP contribution in [0.3, 0.4) is 0 Å². The summed E-state index contributed by atoms with van der Waals surface area (Å²) in [5.41, 5.74) is 6.21. The molecule has 0 radical (unpaired) electrons. The maximum Gasteiger partial charge on any atom is 0.573 e. The standard InChI is InChI=1S/C15H19F3N2O2/c1-10(19)11-6-8-20(9-7-11)14(21)12-2-4-13(5-3-12)22-15(16,17)18/h2-5,10-11H,6-9,19H2,1H3. The summed E-state index contributed by atoms with van der Waals surface area (Å²) in [5, 5.41) is 0. The van der Waals surface area contributed by atoms with Crippen molar-refractivity contribution in [1.29, 1.82) is 0 Å². The van der Waals surface area contributed by atoms with Gasteiger partial charge in [-0.05, 0) is 49.9 Å². The predicted molar refractivity (Wildman–Crippen MR) is 75.4 cm³/mol. The van der Waals surface area contributed by atoms with E-state index >= 15 is 0 Å². The molecule has 122 valence electrons. The number of alkyl halides is 3. The van der Waals surface area contributed by atoms with E-state index in [0.717, 1.165) is 25.0 Å². The van der Waals surface area contributed by atoms with Crippen molar-refractivity contribution in [3.05, 3.63) is 29.8 Å². The van der Waals surface area contributed by atoms with Gasteiger partial charge in [-0.3, -0.25) is 4.79 Å². The van der Waals surface area contributed by atoms with Gasteiger partial charge < -0.3 is 15.4 Å². The van der Waals surface area contributed by atoms with Gasteiger partial charge in [0.2, 0.25) is 0 Å². The number of hydrogen-bond donors (Lipinski definition) is 1. The van der Waals surface area contributed by atoms with Crippen LogP contribution in [0.15, 0.2) is 24.3 Å². The Labute approximate surface area is 127 Å². The number of piperidine rings is 1. The van der Waals surface area contributed by atoms with Crippen LogP contribution in [0.4, 0.5) is 13.2 Å². The molecule has 0 bridgehead atoms. The fourth-order valence-corrected chi connectivity index (χ4v) is 2.61. The van der Waals surface area contributed by atoms with Crippen molar-refractivity contribution < 1.29 is 22.7 Å². The molecular formula is C15H19F3N2O2. The van der Waals surface area contributed by atoms with Gasteiger partial charge in [-0.2, -0.15) is 0 Å². The Bertz CT molecular complexity index is 507. The number of carbonyl (C=O) groups is 1. The highest BCUT2D eigenvalue weighted by Gasteiger charge is 2.31. The van der Waals surface area contributed by atoms with Gasteiger partial charge in [0.25, 0.3) is 5.91 Å². The molecule has 1 aliphatic heterocycles. The number of nitrogens with two attached hydrogens (primary N) is 1. The molecule has 1 saturated heterocycles. The van der Waals surface area contributed by atoms with Crippen LogP contribution in [0.1, 0.15) is 30.1 Å². The first-order valence-electron chi connectivity index (χ1n) is 7.17. The van der Waals surface area contributed by atoms with Crippen LogP contribution in [0.5, 0.6) is 5.75 Å². The Balaban J connectivity index is 1.96. The summed E-state index contributed by atoms with van der Waals surface area (Å²) >= 11 is 0. The van der Waals surface area contributed by atoms with Crippen molar-refractivity contribution in [2.45, 2.75) is 32.2 Å². The van der Waals surface area contributed by atoms with Crippen molar-refractivity contribution >= 4 is 5.91 Å². The maximum absolute atomic E-state index is 12.3. The number of benzene rings is 1. The van der Waals surface area contributed by atoms with E-state index in [4.69, 9.17) is 5.73 Å². The normalized spacial score (nSPS) is 18.1. The Morgan fingerprint density at radius 2 is 1.82 bits per heavy atom. The summed E-state index contributed by atoms with van der Waals surface area (Å²) in [6, 6.07) is 5.10. The van der Waals surface area contributed by atoms with Gasteiger partial charge in [-0.15, -0.1) is 13.2 Å². The third kappa shape index (κ3) is 4.37. The molecule has 7 heteroatoms. The highest BCUT2D eigenvalue weighted by molar-refractivity contribution is 5.94. The molecule has 0 saturated carbocycles. The number of ether oxygens (including phenoxy) is 1. The molecule has 0 aromatic heterocycles. The Kier molecular flexibility index (Phi) is 4.95. The Morgan fingerprint density at radius 3 is 2.27 bits per heavy atom. The van der Waals surface area contributed by atoms with Crippen LogP contribution < -0.4 is 10.5 Å². The maximum atomic E-state index is 12.3. The number of hydrogen-bond acceptors (Lipinski definition) is 3. The number of likely N-dealkylation sites (tertiary alicyclic amines) is 1. The molecule has 1 fully saturated rings. The van der Waals surface area contributed by atoms with Gasteiger partial charge in [0.1, 0.15) is 5.75 Å². The number of rotatable bonds is 3. The quantitative estimate of drug-likeness (QED) is 0.933. The third-order valence-electron chi connectivity index (χ3n) is 3.91. The number of amides is 1. The van der Waals surface area contributed by atoms with E-state index in [-0.39, 0.29) is 17.7 Å². The molecule has 1 aliphatic rings. The molecule has 1 amide bonds. The smallest absolute Gasteiger partial charge is 0.406 e. The molecular weight excluding hydrogens is 297 g/mol. The van der Waals surface area contributed by atoms with Crippen LogP contribution >= 0.6 is 0 Å². The van der Waals surface area contributed by atoms with E-state index in [9.17, 15) is 18.0 Å². The summed E-state index contributed by atoms with van der Waals surface area (Å²) in [7, 11) is 0.